The minimum atomic E-state index is 0.534. The van der Waals surface area contributed by atoms with Gasteiger partial charge in [-0.1, -0.05) is 39.8 Å². The molecular formula is C20H32. The van der Waals surface area contributed by atoms with Crippen molar-refractivity contribution in [2.75, 3.05) is 0 Å². The van der Waals surface area contributed by atoms with Crippen molar-refractivity contribution in [3.05, 3.63) is 12.2 Å². The largest absolute Gasteiger partial charge is 0.103 e. The zero-order chi connectivity index (χ0) is 14.8. The van der Waals surface area contributed by atoms with Crippen LogP contribution >= 0.6 is 0 Å². The fourth-order valence-electron chi connectivity index (χ4n) is 5.16. The molecule has 0 aromatic heterocycles. The van der Waals surface area contributed by atoms with Crippen LogP contribution in [0.3, 0.4) is 0 Å². The van der Waals surface area contributed by atoms with E-state index in [1.54, 1.807) is 5.57 Å². The summed E-state index contributed by atoms with van der Waals surface area (Å²) in [6.45, 7) is 13.8. The third-order valence-corrected chi connectivity index (χ3v) is 6.05. The van der Waals surface area contributed by atoms with Gasteiger partial charge in [0.25, 0.3) is 0 Å². The van der Waals surface area contributed by atoms with Gasteiger partial charge in [-0.05, 0) is 61.7 Å². The lowest BCUT2D eigenvalue weighted by Crippen LogP contribution is -2.36. The molecule has 2 fully saturated rings. The lowest BCUT2D eigenvalue weighted by molar-refractivity contribution is 0.0914. The topological polar surface area (TPSA) is 0 Å². The SMILES string of the molecule is C=C1CCC[C@]2(C)[C@@H]([C@H](C)CC(C)C#CCC)CC[C@@H]12. The summed E-state index contributed by atoms with van der Waals surface area (Å²) in [5.74, 6) is 9.71. The van der Waals surface area contributed by atoms with E-state index in [1.807, 2.05) is 0 Å². The molecule has 0 amide bonds. The zero-order valence-corrected chi connectivity index (χ0v) is 14.0. The molecule has 0 N–H and O–H groups in total. The Labute approximate surface area is 126 Å². The highest BCUT2D eigenvalue weighted by Crippen LogP contribution is 2.59. The molecule has 5 atom stereocenters. The average molecular weight is 272 g/mol. The Balaban J connectivity index is 2.03. The predicted molar refractivity (Wildman–Crippen MR) is 88.3 cm³/mol. The van der Waals surface area contributed by atoms with Crippen LogP contribution in [0.1, 0.15) is 72.6 Å². The van der Waals surface area contributed by atoms with E-state index in [2.05, 4.69) is 46.1 Å². The lowest BCUT2D eigenvalue weighted by atomic mass is 9.61. The molecule has 20 heavy (non-hydrogen) atoms. The van der Waals surface area contributed by atoms with Crippen LogP contribution in [0, 0.1) is 40.9 Å². The zero-order valence-electron chi connectivity index (χ0n) is 14.0. The van der Waals surface area contributed by atoms with Crippen LogP contribution in [0.2, 0.25) is 0 Å². The predicted octanol–water partition coefficient (Wildman–Crippen LogP) is 5.83. The molecule has 1 unspecified atom stereocenters. The van der Waals surface area contributed by atoms with Crippen LogP contribution in [-0.2, 0) is 0 Å². The van der Waals surface area contributed by atoms with Gasteiger partial charge in [-0.25, -0.2) is 0 Å². The van der Waals surface area contributed by atoms with E-state index in [0.717, 1.165) is 24.2 Å². The van der Waals surface area contributed by atoms with Gasteiger partial charge in [-0.2, -0.15) is 0 Å². The van der Waals surface area contributed by atoms with Crippen LogP contribution < -0.4 is 0 Å². The molecule has 0 aliphatic heterocycles. The fourth-order valence-corrected chi connectivity index (χ4v) is 5.16. The van der Waals surface area contributed by atoms with Gasteiger partial charge >= 0.3 is 0 Å². The number of rotatable bonds is 3. The van der Waals surface area contributed by atoms with Crippen molar-refractivity contribution in [2.24, 2.45) is 29.1 Å². The Bertz CT molecular complexity index is 407. The molecule has 0 saturated heterocycles. The maximum atomic E-state index is 4.37. The summed E-state index contributed by atoms with van der Waals surface area (Å²) < 4.78 is 0. The molecule has 0 radical (unpaired) electrons. The van der Waals surface area contributed by atoms with Crippen LogP contribution in [0.25, 0.3) is 0 Å². The molecule has 0 spiro atoms. The van der Waals surface area contributed by atoms with Gasteiger partial charge in [0.1, 0.15) is 0 Å². The Morgan fingerprint density at radius 1 is 1.35 bits per heavy atom. The summed E-state index contributed by atoms with van der Waals surface area (Å²) in [6.07, 6.45) is 9.11. The Hall–Kier alpha value is -0.700. The van der Waals surface area contributed by atoms with Crippen molar-refractivity contribution < 1.29 is 0 Å². The quantitative estimate of drug-likeness (QED) is 0.447. The number of allylic oxidation sites excluding steroid dienone is 1. The van der Waals surface area contributed by atoms with E-state index in [1.165, 1.54) is 38.5 Å². The normalized spacial score (nSPS) is 35.9. The van der Waals surface area contributed by atoms with E-state index < -0.39 is 0 Å². The number of hydrogen-bond donors (Lipinski definition) is 0. The van der Waals surface area contributed by atoms with Crippen molar-refractivity contribution in [1.29, 1.82) is 0 Å². The van der Waals surface area contributed by atoms with E-state index in [-0.39, 0.29) is 0 Å². The molecule has 112 valence electrons. The van der Waals surface area contributed by atoms with Crippen molar-refractivity contribution in [3.63, 3.8) is 0 Å². The molecule has 0 heteroatoms. The molecule has 0 nitrogen and oxygen atoms in total. The maximum Gasteiger partial charge on any atom is 0.0177 e. The molecule has 0 bridgehead atoms. The minimum Gasteiger partial charge on any atom is -0.103 e. The van der Waals surface area contributed by atoms with Crippen LogP contribution in [0.5, 0.6) is 0 Å². The monoisotopic (exact) mass is 272 g/mol. The van der Waals surface area contributed by atoms with Crippen molar-refractivity contribution in [1.82, 2.24) is 0 Å². The second-order valence-electron chi connectivity index (χ2n) is 7.54. The first-order chi connectivity index (χ1) is 9.49. The van der Waals surface area contributed by atoms with Crippen LogP contribution in [-0.4, -0.2) is 0 Å². The molecule has 0 heterocycles. The number of hydrogen-bond acceptors (Lipinski definition) is 0. The van der Waals surface area contributed by atoms with Gasteiger partial charge in [0, 0.05) is 12.3 Å². The fraction of sp³-hybridized carbons (Fsp3) is 0.800. The van der Waals surface area contributed by atoms with Gasteiger partial charge in [-0.3, -0.25) is 0 Å². The summed E-state index contributed by atoms with van der Waals surface area (Å²) >= 11 is 0. The minimum absolute atomic E-state index is 0.534. The molecule has 2 aliphatic carbocycles. The van der Waals surface area contributed by atoms with Crippen molar-refractivity contribution in [3.8, 4) is 11.8 Å². The van der Waals surface area contributed by atoms with Crippen molar-refractivity contribution in [2.45, 2.75) is 72.6 Å². The highest BCUT2D eigenvalue weighted by Gasteiger charge is 2.50. The first-order valence-corrected chi connectivity index (χ1v) is 8.65. The van der Waals surface area contributed by atoms with Crippen LogP contribution in [0.15, 0.2) is 12.2 Å². The Morgan fingerprint density at radius 2 is 2.10 bits per heavy atom. The standard InChI is InChI=1S/C20H32/c1-6-7-9-15(2)14-17(4)19-12-11-18-16(3)10-8-13-20(18,19)5/h15,17-19H,3,6,8,10-14H2,1-2,4-5H3/t15?,17-,18+,19-,20+/m1/s1. The summed E-state index contributed by atoms with van der Waals surface area (Å²) in [6, 6.07) is 0. The maximum absolute atomic E-state index is 4.37. The first kappa shape index (κ1) is 15.7. The van der Waals surface area contributed by atoms with Gasteiger partial charge < -0.3 is 0 Å². The molecule has 0 aromatic carbocycles. The van der Waals surface area contributed by atoms with Crippen LogP contribution in [0.4, 0.5) is 0 Å². The molecule has 2 saturated carbocycles. The smallest absolute Gasteiger partial charge is 0.0177 e. The van der Waals surface area contributed by atoms with E-state index in [9.17, 15) is 0 Å². The highest BCUT2D eigenvalue weighted by atomic mass is 14.5. The van der Waals surface area contributed by atoms with E-state index in [4.69, 9.17) is 0 Å². The number of fused-ring (bicyclic) bond motifs is 1. The van der Waals surface area contributed by atoms with Gasteiger partial charge in [0.2, 0.25) is 0 Å². The summed E-state index contributed by atoms with van der Waals surface area (Å²) in [7, 11) is 0. The van der Waals surface area contributed by atoms with E-state index >= 15 is 0 Å². The van der Waals surface area contributed by atoms with Gasteiger partial charge in [0.15, 0.2) is 0 Å². The van der Waals surface area contributed by atoms with E-state index in [0.29, 0.717) is 11.3 Å². The Morgan fingerprint density at radius 3 is 2.80 bits per heavy atom. The summed E-state index contributed by atoms with van der Waals surface area (Å²) in [5.41, 5.74) is 2.08. The van der Waals surface area contributed by atoms with Gasteiger partial charge in [-0.15, -0.1) is 11.8 Å². The molecule has 2 rings (SSSR count). The lowest BCUT2D eigenvalue weighted by Gasteiger charge is -2.44. The first-order valence-electron chi connectivity index (χ1n) is 8.65. The Kier molecular flexibility index (Phi) is 5.00. The third kappa shape index (κ3) is 2.98. The highest BCUT2D eigenvalue weighted by molar-refractivity contribution is 5.15. The van der Waals surface area contributed by atoms with Crippen molar-refractivity contribution >= 4 is 0 Å². The van der Waals surface area contributed by atoms with Gasteiger partial charge in [0.05, 0.1) is 0 Å². The molecule has 0 aromatic rings. The molecule has 2 aliphatic rings. The summed E-state index contributed by atoms with van der Waals surface area (Å²) in [5, 5.41) is 0. The second-order valence-corrected chi connectivity index (χ2v) is 7.54. The second kappa shape index (κ2) is 6.38. The molecular weight excluding hydrogens is 240 g/mol. The average Bonchev–Trinajstić information content (AvgIpc) is 2.75. The summed E-state index contributed by atoms with van der Waals surface area (Å²) in [4.78, 5) is 0. The third-order valence-electron chi connectivity index (χ3n) is 6.05.